The lowest BCUT2D eigenvalue weighted by atomic mass is 10.2. The maximum absolute atomic E-state index is 3.86. The highest BCUT2D eigenvalue weighted by molar-refractivity contribution is 4.97. The molecule has 1 aromatic rings. The summed E-state index contributed by atoms with van der Waals surface area (Å²) in [5.74, 6) is 0. The minimum Gasteiger partial charge on any atom is -0.314 e. The molecule has 1 aromatic heterocycles. The summed E-state index contributed by atoms with van der Waals surface area (Å²) < 4.78 is 0. The van der Waals surface area contributed by atoms with Crippen LogP contribution >= 0.6 is 0 Å². The van der Waals surface area contributed by atoms with Crippen molar-refractivity contribution in [3.63, 3.8) is 0 Å². The molecular formula is C7H12N4. The summed E-state index contributed by atoms with van der Waals surface area (Å²) in [5.41, 5.74) is 1.15. The van der Waals surface area contributed by atoms with Crippen molar-refractivity contribution in [2.45, 2.75) is 12.6 Å². The predicted molar refractivity (Wildman–Crippen MR) is 42.1 cm³/mol. The van der Waals surface area contributed by atoms with Crippen LogP contribution in [-0.2, 0) is 6.54 Å². The summed E-state index contributed by atoms with van der Waals surface area (Å²) in [5, 5.41) is 13.4. The van der Waals surface area contributed by atoms with E-state index in [1.54, 1.807) is 6.20 Å². The number of nitrogens with zero attached hydrogens (tertiary/aromatic N) is 1. The molecular weight excluding hydrogens is 140 g/mol. The first-order valence-electron chi connectivity index (χ1n) is 3.87. The van der Waals surface area contributed by atoms with Crippen molar-refractivity contribution >= 4 is 0 Å². The standard InChI is InChI=1S/C7H12N4/c1-2-10-11-6(1)5-9-7-3-8-4-7/h1-2,7-9H,3-5H2,(H,10,11). The fourth-order valence-electron chi connectivity index (χ4n) is 1.07. The van der Waals surface area contributed by atoms with Gasteiger partial charge in [-0.05, 0) is 6.07 Å². The number of hydrogen-bond acceptors (Lipinski definition) is 3. The highest BCUT2D eigenvalue weighted by Gasteiger charge is 2.14. The van der Waals surface area contributed by atoms with Crippen LogP contribution in [0.1, 0.15) is 5.69 Å². The van der Waals surface area contributed by atoms with Gasteiger partial charge >= 0.3 is 0 Å². The monoisotopic (exact) mass is 152 g/mol. The maximum atomic E-state index is 3.86. The summed E-state index contributed by atoms with van der Waals surface area (Å²) in [7, 11) is 0. The van der Waals surface area contributed by atoms with Gasteiger partial charge in [0.2, 0.25) is 0 Å². The molecule has 11 heavy (non-hydrogen) atoms. The zero-order chi connectivity index (χ0) is 7.52. The van der Waals surface area contributed by atoms with Gasteiger partial charge in [0.05, 0.1) is 0 Å². The topological polar surface area (TPSA) is 52.7 Å². The maximum Gasteiger partial charge on any atom is 0.0490 e. The lowest BCUT2D eigenvalue weighted by molar-refractivity contribution is 0.364. The number of aromatic amines is 1. The molecule has 4 nitrogen and oxygen atoms in total. The van der Waals surface area contributed by atoms with Crippen LogP contribution in [0.15, 0.2) is 12.3 Å². The summed E-state index contributed by atoms with van der Waals surface area (Å²) in [6, 6.07) is 2.64. The van der Waals surface area contributed by atoms with Crippen LogP contribution in [0.25, 0.3) is 0 Å². The quantitative estimate of drug-likeness (QED) is 0.546. The van der Waals surface area contributed by atoms with Gasteiger partial charge in [0, 0.05) is 37.6 Å². The third-order valence-corrected chi connectivity index (χ3v) is 1.92. The van der Waals surface area contributed by atoms with Gasteiger partial charge in [-0.2, -0.15) is 5.10 Å². The van der Waals surface area contributed by atoms with Crippen LogP contribution in [0.3, 0.4) is 0 Å². The van der Waals surface area contributed by atoms with E-state index in [9.17, 15) is 0 Å². The first-order valence-corrected chi connectivity index (χ1v) is 3.87. The van der Waals surface area contributed by atoms with Crippen LogP contribution in [-0.4, -0.2) is 29.3 Å². The average Bonchev–Trinajstić information content (AvgIpc) is 2.36. The predicted octanol–water partition coefficient (Wildman–Crippen LogP) is -0.529. The van der Waals surface area contributed by atoms with Gasteiger partial charge in [-0.3, -0.25) is 5.10 Å². The molecule has 3 N–H and O–H groups in total. The Morgan fingerprint density at radius 3 is 3.09 bits per heavy atom. The van der Waals surface area contributed by atoms with Gasteiger partial charge in [-0.1, -0.05) is 0 Å². The second kappa shape index (κ2) is 3.02. The zero-order valence-electron chi connectivity index (χ0n) is 6.30. The van der Waals surface area contributed by atoms with Gasteiger partial charge in [0.1, 0.15) is 0 Å². The molecule has 0 amide bonds. The van der Waals surface area contributed by atoms with Crippen molar-refractivity contribution in [3.8, 4) is 0 Å². The molecule has 2 rings (SSSR count). The van der Waals surface area contributed by atoms with E-state index < -0.39 is 0 Å². The van der Waals surface area contributed by atoms with Crippen LogP contribution in [0.5, 0.6) is 0 Å². The van der Waals surface area contributed by atoms with Crippen molar-refractivity contribution in [2.24, 2.45) is 0 Å². The third kappa shape index (κ3) is 1.58. The van der Waals surface area contributed by atoms with Crippen molar-refractivity contribution in [3.05, 3.63) is 18.0 Å². The first kappa shape index (κ1) is 6.82. The molecule has 1 aliphatic heterocycles. The minimum atomic E-state index is 0.651. The van der Waals surface area contributed by atoms with E-state index >= 15 is 0 Å². The van der Waals surface area contributed by atoms with Crippen molar-refractivity contribution in [2.75, 3.05) is 13.1 Å². The fourth-order valence-corrected chi connectivity index (χ4v) is 1.07. The molecule has 0 saturated carbocycles. The fraction of sp³-hybridized carbons (Fsp3) is 0.571. The lowest BCUT2D eigenvalue weighted by Gasteiger charge is -2.27. The smallest absolute Gasteiger partial charge is 0.0490 e. The Morgan fingerprint density at radius 1 is 1.64 bits per heavy atom. The number of H-pyrrole nitrogens is 1. The molecule has 0 aliphatic carbocycles. The van der Waals surface area contributed by atoms with Gasteiger partial charge in [0.15, 0.2) is 0 Å². The molecule has 2 heterocycles. The molecule has 0 bridgehead atoms. The highest BCUT2D eigenvalue weighted by Crippen LogP contribution is 1.94. The molecule has 4 heteroatoms. The first-order chi connectivity index (χ1) is 5.45. The Labute approximate surface area is 65.4 Å². The Balaban J connectivity index is 1.74. The van der Waals surface area contributed by atoms with E-state index in [4.69, 9.17) is 0 Å². The van der Waals surface area contributed by atoms with E-state index in [2.05, 4.69) is 20.8 Å². The molecule has 0 unspecified atom stereocenters. The SMILES string of the molecule is c1cc(CNC2CNC2)[nH]n1. The number of aromatic nitrogens is 2. The van der Waals surface area contributed by atoms with E-state index in [-0.39, 0.29) is 0 Å². The Kier molecular flexibility index (Phi) is 1.87. The molecule has 60 valence electrons. The number of hydrogen-bond donors (Lipinski definition) is 3. The van der Waals surface area contributed by atoms with Crippen LogP contribution in [0.4, 0.5) is 0 Å². The van der Waals surface area contributed by atoms with Gasteiger partial charge in [-0.15, -0.1) is 0 Å². The minimum absolute atomic E-state index is 0.651. The summed E-state index contributed by atoms with van der Waals surface area (Å²) >= 11 is 0. The second-order valence-corrected chi connectivity index (χ2v) is 2.82. The van der Waals surface area contributed by atoms with Gasteiger partial charge in [0.25, 0.3) is 0 Å². The van der Waals surface area contributed by atoms with Crippen LogP contribution < -0.4 is 10.6 Å². The van der Waals surface area contributed by atoms with Crippen LogP contribution in [0, 0.1) is 0 Å². The zero-order valence-corrected chi connectivity index (χ0v) is 6.30. The Morgan fingerprint density at radius 2 is 2.55 bits per heavy atom. The van der Waals surface area contributed by atoms with Crippen molar-refractivity contribution in [1.82, 2.24) is 20.8 Å². The lowest BCUT2D eigenvalue weighted by Crippen LogP contribution is -2.55. The second-order valence-electron chi connectivity index (χ2n) is 2.82. The Bertz CT molecular complexity index is 202. The molecule has 1 aliphatic rings. The molecule has 0 aromatic carbocycles. The highest BCUT2D eigenvalue weighted by atomic mass is 15.1. The number of rotatable bonds is 3. The van der Waals surface area contributed by atoms with Crippen molar-refractivity contribution in [1.29, 1.82) is 0 Å². The summed E-state index contributed by atoms with van der Waals surface area (Å²) in [4.78, 5) is 0. The molecule has 0 atom stereocenters. The normalized spacial score (nSPS) is 18.2. The molecule has 0 radical (unpaired) electrons. The largest absolute Gasteiger partial charge is 0.314 e. The summed E-state index contributed by atoms with van der Waals surface area (Å²) in [6.07, 6.45) is 1.77. The average molecular weight is 152 g/mol. The Hall–Kier alpha value is -0.870. The van der Waals surface area contributed by atoms with E-state index in [1.807, 2.05) is 6.07 Å². The molecule has 1 fully saturated rings. The van der Waals surface area contributed by atoms with Crippen molar-refractivity contribution < 1.29 is 0 Å². The molecule has 0 spiro atoms. The summed E-state index contributed by atoms with van der Waals surface area (Å²) in [6.45, 7) is 3.08. The van der Waals surface area contributed by atoms with Gasteiger partial charge in [-0.25, -0.2) is 0 Å². The third-order valence-electron chi connectivity index (χ3n) is 1.92. The van der Waals surface area contributed by atoms with Crippen LogP contribution in [0.2, 0.25) is 0 Å². The number of nitrogens with one attached hydrogen (secondary N) is 3. The van der Waals surface area contributed by atoms with E-state index in [1.165, 1.54) is 0 Å². The van der Waals surface area contributed by atoms with Gasteiger partial charge < -0.3 is 10.6 Å². The molecule has 1 saturated heterocycles. The van der Waals surface area contributed by atoms with E-state index in [0.29, 0.717) is 6.04 Å². The van der Waals surface area contributed by atoms with E-state index in [0.717, 1.165) is 25.3 Å².